The Hall–Kier alpha value is -4.81. The van der Waals surface area contributed by atoms with Gasteiger partial charge < -0.3 is 30.0 Å². The summed E-state index contributed by atoms with van der Waals surface area (Å²) in [7, 11) is 0. The van der Waals surface area contributed by atoms with Gasteiger partial charge in [0, 0.05) is 36.5 Å². The summed E-state index contributed by atoms with van der Waals surface area (Å²) in [6.45, 7) is 0.818. The molecule has 9 nitrogen and oxygen atoms in total. The average Bonchev–Trinajstić information content (AvgIpc) is 2.95. The van der Waals surface area contributed by atoms with Crippen LogP contribution in [-0.2, 0) is 22.6 Å². The molecule has 1 aliphatic rings. The molecular weight excluding hydrogens is 603 g/mol. The highest BCUT2D eigenvalue weighted by Gasteiger charge is 2.21. The van der Waals surface area contributed by atoms with E-state index in [-0.39, 0.29) is 58.3 Å². The molecule has 1 atom stereocenters. The summed E-state index contributed by atoms with van der Waals surface area (Å²) in [5.74, 6) is -3.93. The van der Waals surface area contributed by atoms with E-state index >= 15 is 0 Å². The zero-order valence-corrected chi connectivity index (χ0v) is 23.7. The normalized spacial score (nSPS) is 14.0. The van der Waals surface area contributed by atoms with Gasteiger partial charge in [-0.15, -0.1) is 0 Å². The minimum absolute atomic E-state index is 0.0000138. The first kappa shape index (κ1) is 30.6. The van der Waals surface area contributed by atoms with Crippen molar-refractivity contribution < 1.29 is 42.1 Å². The van der Waals surface area contributed by atoms with Crippen LogP contribution in [0.3, 0.4) is 0 Å². The number of hydrogen-bond donors (Lipinski definition) is 3. The van der Waals surface area contributed by atoms with E-state index < -0.39 is 35.7 Å². The number of nitrogens with zero attached hydrogens (tertiary/aromatic N) is 1. The lowest BCUT2D eigenvalue weighted by Crippen LogP contribution is -2.33. The van der Waals surface area contributed by atoms with E-state index in [0.29, 0.717) is 18.1 Å². The number of pyridine rings is 1. The number of aromatic nitrogens is 1. The van der Waals surface area contributed by atoms with E-state index in [1.54, 1.807) is 12.1 Å². The van der Waals surface area contributed by atoms with Crippen LogP contribution in [0.15, 0.2) is 66.9 Å². The average molecular weight is 628 g/mol. The van der Waals surface area contributed by atoms with E-state index in [0.717, 1.165) is 24.6 Å². The third-order valence-electron chi connectivity index (χ3n) is 6.58. The van der Waals surface area contributed by atoms with Gasteiger partial charge in [0.05, 0.1) is 29.5 Å². The quantitative estimate of drug-likeness (QED) is 0.161. The van der Waals surface area contributed by atoms with Crippen molar-refractivity contribution in [1.29, 1.82) is 0 Å². The number of ether oxygens (including phenoxy) is 3. The summed E-state index contributed by atoms with van der Waals surface area (Å²) < 4.78 is 60.3. The number of carboxylic acids is 1. The molecule has 1 aliphatic heterocycles. The van der Waals surface area contributed by atoms with Gasteiger partial charge in [-0.2, -0.15) is 0 Å². The van der Waals surface area contributed by atoms with E-state index in [1.165, 1.54) is 36.5 Å². The molecule has 1 saturated heterocycles. The Morgan fingerprint density at radius 1 is 1.00 bits per heavy atom. The van der Waals surface area contributed by atoms with Gasteiger partial charge in [0.2, 0.25) is 5.91 Å². The Kier molecular flexibility index (Phi) is 9.51. The Labute approximate surface area is 254 Å². The van der Waals surface area contributed by atoms with E-state index in [1.807, 2.05) is 0 Å². The van der Waals surface area contributed by atoms with Crippen LogP contribution in [0.4, 0.5) is 24.5 Å². The lowest BCUT2D eigenvalue weighted by atomic mass is 10.1. The lowest BCUT2D eigenvalue weighted by molar-refractivity contribution is -0.115. The first-order valence-electron chi connectivity index (χ1n) is 13.4. The molecule has 3 aromatic carbocycles. The lowest BCUT2D eigenvalue weighted by Gasteiger charge is -2.27. The standard InChI is InChI=1S/C31H25ClF3N3O6/c32-19-2-4-28(25(34)12-19)43-16-20-13-22(5-7-36-20)44-21-3-1-17(24(33)14-21)11-29(39)38-30-26(35)9-18(31(40)41)10-27(30)37-15-23-6-8-42-23/h1-5,7,9-10,12-14,23,37H,6,8,11,15-16H2,(H,38,39)(H,40,41). The molecule has 0 radical (unpaired) electrons. The van der Waals surface area contributed by atoms with Crippen LogP contribution in [0.25, 0.3) is 0 Å². The predicted molar refractivity (Wildman–Crippen MR) is 155 cm³/mol. The summed E-state index contributed by atoms with van der Waals surface area (Å²) in [5, 5.41) is 14.9. The van der Waals surface area contributed by atoms with Crippen LogP contribution in [0, 0.1) is 17.5 Å². The molecule has 0 aliphatic carbocycles. The van der Waals surface area contributed by atoms with Gasteiger partial charge in [0.15, 0.2) is 11.6 Å². The highest BCUT2D eigenvalue weighted by atomic mass is 35.5. The highest BCUT2D eigenvalue weighted by molar-refractivity contribution is 6.30. The van der Waals surface area contributed by atoms with Gasteiger partial charge in [-0.1, -0.05) is 17.7 Å². The molecule has 0 saturated carbocycles. The number of hydrogen-bond acceptors (Lipinski definition) is 7. The number of anilines is 2. The monoisotopic (exact) mass is 627 g/mol. The maximum absolute atomic E-state index is 15.0. The summed E-state index contributed by atoms with van der Waals surface area (Å²) in [5.41, 5.74) is -0.0535. The van der Waals surface area contributed by atoms with Crippen molar-refractivity contribution in [3.8, 4) is 17.2 Å². The summed E-state index contributed by atoms with van der Waals surface area (Å²) in [6.07, 6.45) is 1.69. The smallest absolute Gasteiger partial charge is 0.335 e. The Bertz CT molecular complexity index is 1700. The fourth-order valence-corrected chi connectivity index (χ4v) is 4.39. The maximum atomic E-state index is 15.0. The van der Waals surface area contributed by atoms with Gasteiger partial charge in [-0.05, 0) is 54.4 Å². The molecule has 0 bridgehead atoms. The molecule has 1 unspecified atom stereocenters. The number of rotatable bonds is 12. The van der Waals surface area contributed by atoms with Crippen LogP contribution in [0.5, 0.6) is 17.2 Å². The maximum Gasteiger partial charge on any atom is 0.335 e. The molecule has 3 N–H and O–H groups in total. The topological polar surface area (TPSA) is 119 Å². The molecule has 4 aromatic rings. The van der Waals surface area contributed by atoms with Gasteiger partial charge in [-0.25, -0.2) is 18.0 Å². The largest absolute Gasteiger partial charge is 0.484 e. The number of halogens is 4. The minimum atomic E-state index is -1.33. The van der Waals surface area contributed by atoms with Crippen LogP contribution in [0.2, 0.25) is 5.02 Å². The minimum Gasteiger partial charge on any atom is -0.484 e. The second kappa shape index (κ2) is 13.7. The number of carboxylic acid groups (broad SMARTS) is 1. The second-order valence-electron chi connectivity index (χ2n) is 9.77. The third kappa shape index (κ3) is 7.77. The summed E-state index contributed by atoms with van der Waals surface area (Å²) >= 11 is 5.75. The highest BCUT2D eigenvalue weighted by Crippen LogP contribution is 2.30. The molecule has 1 aromatic heterocycles. The van der Waals surface area contributed by atoms with Crippen molar-refractivity contribution in [2.75, 3.05) is 23.8 Å². The van der Waals surface area contributed by atoms with E-state index in [4.69, 9.17) is 25.8 Å². The fraction of sp³-hybridized carbons (Fsp3) is 0.194. The van der Waals surface area contributed by atoms with E-state index in [2.05, 4.69) is 15.6 Å². The fourth-order valence-electron chi connectivity index (χ4n) is 4.24. The molecular formula is C31H25ClF3N3O6. The predicted octanol–water partition coefficient (Wildman–Crippen LogP) is 6.60. The molecule has 44 heavy (non-hydrogen) atoms. The number of amides is 1. The van der Waals surface area contributed by atoms with Crippen molar-refractivity contribution in [2.24, 2.45) is 0 Å². The number of aromatic carboxylic acids is 1. The number of benzene rings is 3. The van der Waals surface area contributed by atoms with Crippen molar-refractivity contribution >= 4 is 34.9 Å². The molecule has 13 heteroatoms. The van der Waals surface area contributed by atoms with Gasteiger partial charge in [-0.3, -0.25) is 9.78 Å². The van der Waals surface area contributed by atoms with Crippen molar-refractivity contribution in [2.45, 2.75) is 25.6 Å². The van der Waals surface area contributed by atoms with Crippen molar-refractivity contribution in [3.05, 3.63) is 106 Å². The number of carbonyl (C=O) groups excluding carboxylic acids is 1. The third-order valence-corrected chi connectivity index (χ3v) is 6.82. The van der Waals surface area contributed by atoms with Crippen LogP contribution >= 0.6 is 11.6 Å². The number of carbonyl (C=O) groups is 2. The van der Waals surface area contributed by atoms with Gasteiger partial charge in [0.25, 0.3) is 0 Å². The summed E-state index contributed by atoms with van der Waals surface area (Å²) in [6, 6.07) is 13.0. The van der Waals surface area contributed by atoms with Crippen molar-refractivity contribution in [3.63, 3.8) is 0 Å². The Balaban J connectivity index is 1.22. The first-order valence-corrected chi connectivity index (χ1v) is 13.7. The molecule has 2 heterocycles. The van der Waals surface area contributed by atoms with E-state index in [9.17, 15) is 27.9 Å². The SMILES string of the molecule is O=C(Cc1ccc(Oc2ccnc(COc3ccc(Cl)cc3F)c2)cc1F)Nc1c(F)cc(C(=O)O)cc1NCC1CCO1. The Morgan fingerprint density at radius 3 is 2.50 bits per heavy atom. The van der Waals surface area contributed by atoms with Gasteiger partial charge in [0.1, 0.15) is 35.4 Å². The molecule has 1 amide bonds. The zero-order chi connectivity index (χ0) is 31.2. The zero-order valence-electron chi connectivity index (χ0n) is 22.9. The molecule has 0 spiro atoms. The van der Waals surface area contributed by atoms with Crippen LogP contribution < -0.4 is 20.1 Å². The van der Waals surface area contributed by atoms with Crippen molar-refractivity contribution in [1.82, 2.24) is 4.98 Å². The molecule has 5 rings (SSSR count). The first-order chi connectivity index (χ1) is 21.1. The second-order valence-corrected chi connectivity index (χ2v) is 10.2. The van der Waals surface area contributed by atoms with Crippen LogP contribution in [-0.4, -0.2) is 41.2 Å². The Morgan fingerprint density at radius 2 is 1.80 bits per heavy atom. The van der Waals surface area contributed by atoms with Gasteiger partial charge >= 0.3 is 5.97 Å². The molecule has 228 valence electrons. The number of nitrogens with one attached hydrogen (secondary N) is 2. The molecule has 1 fully saturated rings. The summed E-state index contributed by atoms with van der Waals surface area (Å²) in [4.78, 5) is 28.3. The van der Waals surface area contributed by atoms with Crippen LogP contribution in [0.1, 0.15) is 28.0 Å².